The SMILES string of the molecule is CCCCCCCCC(Cc1ccc(CCl)cc1)C(OCCC)(OCCC)OCCC. The van der Waals surface area contributed by atoms with Gasteiger partial charge in [-0.05, 0) is 43.2 Å². The zero-order chi connectivity index (χ0) is 22.8. The van der Waals surface area contributed by atoms with Crippen LogP contribution < -0.4 is 0 Å². The van der Waals surface area contributed by atoms with Crippen molar-refractivity contribution in [2.75, 3.05) is 19.8 Å². The van der Waals surface area contributed by atoms with E-state index in [1.165, 1.54) is 44.1 Å². The van der Waals surface area contributed by atoms with E-state index in [0.717, 1.165) is 37.7 Å². The summed E-state index contributed by atoms with van der Waals surface area (Å²) in [5.41, 5.74) is 2.44. The maximum Gasteiger partial charge on any atom is 0.286 e. The molecule has 1 rings (SSSR count). The molecule has 0 aromatic heterocycles. The van der Waals surface area contributed by atoms with Crippen molar-refractivity contribution < 1.29 is 14.2 Å². The number of alkyl halides is 1. The standard InChI is InChI=1S/C27H47ClO3/c1-5-9-10-11-12-13-14-26(22-24-15-17-25(23-28)18-16-24)27(29-19-6-2,30-20-7-3)31-21-8-4/h15-18,26H,5-14,19-23H2,1-4H3. The fraction of sp³-hybridized carbons (Fsp3) is 0.778. The predicted molar refractivity (Wildman–Crippen MR) is 133 cm³/mol. The topological polar surface area (TPSA) is 27.7 Å². The quantitative estimate of drug-likeness (QED) is 0.113. The van der Waals surface area contributed by atoms with Gasteiger partial charge in [-0.15, -0.1) is 11.6 Å². The highest BCUT2D eigenvalue weighted by Crippen LogP contribution is 2.34. The molecule has 1 unspecified atom stereocenters. The molecule has 0 amide bonds. The molecule has 0 aliphatic heterocycles. The summed E-state index contributed by atoms with van der Waals surface area (Å²) < 4.78 is 19.2. The van der Waals surface area contributed by atoms with Crippen molar-refractivity contribution in [3.63, 3.8) is 0 Å². The van der Waals surface area contributed by atoms with E-state index in [9.17, 15) is 0 Å². The first-order chi connectivity index (χ1) is 15.2. The van der Waals surface area contributed by atoms with Crippen LogP contribution in [0.4, 0.5) is 0 Å². The van der Waals surface area contributed by atoms with Gasteiger partial charge in [-0.1, -0.05) is 90.5 Å². The summed E-state index contributed by atoms with van der Waals surface area (Å²) in [7, 11) is 0. The van der Waals surface area contributed by atoms with E-state index in [0.29, 0.717) is 25.7 Å². The summed E-state index contributed by atoms with van der Waals surface area (Å²) in [6.45, 7) is 10.6. The van der Waals surface area contributed by atoms with Crippen molar-refractivity contribution in [2.24, 2.45) is 5.92 Å². The molecule has 180 valence electrons. The minimum absolute atomic E-state index is 0.158. The van der Waals surface area contributed by atoms with E-state index >= 15 is 0 Å². The summed E-state index contributed by atoms with van der Waals surface area (Å²) in [5.74, 6) is -0.258. The Labute approximate surface area is 197 Å². The van der Waals surface area contributed by atoms with Crippen molar-refractivity contribution in [1.29, 1.82) is 0 Å². The third-order valence-corrected chi connectivity index (χ3v) is 5.90. The van der Waals surface area contributed by atoms with Gasteiger partial charge in [-0.2, -0.15) is 0 Å². The van der Waals surface area contributed by atoms with Crippen LogP contribution in [0.3, 0.4) is 0 Å². The van der Waals surface area contributed by atoms with Crippen molar-refractivity contribution in [3.8, 4) is 0 Å². The fourth-order valence-electron chi connectivity index (χ4n) is 3.84. The van der Waals surface area contributed by atoms with Crippen LogP contribution in [0.2, 0.25) is 0 Å². The van der Waals surface area contributed by atoms with Crippen molar-refractivity contribution >= 4 is 11.6 Å². The third kappa shape index (κ3) is 11.2. The van der Waals surface area contributed by atoms with Gasteiger partial charge in [0.2, 0.25) is 0 Å². The van der Waals surface area contributed by atoms with Crippen LogP contribution in [-0.2, 0) is 26.5 Å². The van der Waals surface area contributed by atoms with Gasteiger partial charge in [0.15, 0.2) is 0 Å². The number of halogens is 1. The molecule has 0 heterocycles. The second kappa shape index (κ2) is 17.9. The van der Waals surface area contributed by atoms with Crippen LogP contribution in [0.1, 0.15) is 103 Å². The highest BCUT2D eigenvalue weighted by molar-refractivity contribution is 6.17. The van der Waals surface area contributed by atoms with E-state index in [4.69, 9.17) is 25.8 Å². The zero-order valence-electron chi connectivity index (χ0n) is 20.6. The zero-order valence-corrected chi connectivity index (χ0v) is 21.4. The Balaban J connectivity index is 3.03. The Kier molecular flexibility index (Phi) is 16.4. The number of rotatable bonds is 20. The van der Waals surface area contributed by atoms with Gasteiger partial charge in [-0.25, -0.2) is 0 Å². The number of hydrogen-bond donors (Lipinski definition) is 0. The third-order valence-electron chi connectivity index (χ3n) is 5.59. The van der Waals surface area contributed by atoms with Crippen molar-refractivity contribution in [1.82, 2.24) is 0 Å². The lowest BCUT2D eigenvalue weighted by atomic mass is 9.90. The van der Waals surface area contributed by atoms with E-state index in [2.05, 4.69) is 52.0 Å². The normalized spacial score (nSPS) is 12.9. The average Bonchev–Trinajstić information content (AvgIpc) is 2.81. The molecule has 3 nitrogen and oxygen atoms in total. The molecular weight excluding hydrogens is 408 g/mol. The van der Waals surface area contributed by atoms with Gasteiger partial charge in [0.1, 0.15) is 0 Å². The van der Waals surface area contributed by atoms with Crippen LogP contribution in [0.15, 0.2) is 24.3 Å². The molecule has 0 aliphatic rings. The van der Waals surface area contributed by atoms with E-state index in [1.54, 1.807) is 0 Å². The summed E-state index contributed by atoms with van der Waals surface area (Å²) in [4.78, 5) is 0. The Hall–Kier alpha value is -0.610. The fourth-order valence-corrected chi connectivity index (χ4v) is 4.01. The molecule has 0 radical (unpaired) electrons. The molecule has 0 saturated carbocycles. The Bertz CT molecular complexity index is 510. The number of hydrogen-bond acceptors (Lipinski definition) is 3. The summed E-state index contributed by atoms with van der Waals surface area (Å²) in [5, 5.41) is 0. The second-order valence-corrected chi connectivity index (χ2v) is 8.82. The van der Waals surface area contributed by atoms with E-state index in [1.807, 2.05) is 0 Å². The number of ether oxygens (including phenoxy) is 3. The molecule has 1 aromatic carbocycles. The smallest absolute Gasteiger partial charge is 0.286 e. The van der Waals surface area contributed by atoms with Crippen LogP contribution >= 0.6 is 11.6 Å². The predicted octanol–water partition coefficient (Wildman–Crippen LogP) is 8.27. The molecule has 4 heteroatoms. The Morgan fingerprint density at radius 1 is 0.677 bits per heavy atom. The van der Waals surface area contributed by atoms with Gasteiger partial charge in [0.25, 0.3) is 5.97 Å². The molecule has 31 heavy (non-hydrogen) atoms. The molecule has 0 fully saturated rings. The molecular formula is C27H47ClO3. The largest absolute Gasteiger partial charge is 0.327 e. The molecule has 1 atom stereocenters. The molecule has 0 spiro atoms. The highest BCUT2D eigenvalue weighted by atomic mass is 35.5. The van der Waals surface area contributed by atoms with Gasteiger partial charge in [0, 0.05) is 11.8 Å². The monoisotopic (exact) mass is 454 g/mol. The van der Waals surface area contributed by atoms with Crippen LogP contribution in [0, 0.1) is 5.92 Å². The number of benzene rings is 1. The Morgan fingerprint density at radius 2 is 1.16 bits per heavy atom. The first-order valence-electron chi connectivity index (χ1n) is 12.7. The summed E-state index contributed by atoms with van der Waals surface area (Å²) in [6, 6.07) is 8.63. The lowest BCUT2D eigenvalue weighted by Gasteiger charge is -2.40. The lowest BCUT2D eigenvalue weighted by Crippen LogP contribution is -2.48. The van der Waals surface area contributed by atoms with Gasteiger partial charge < -0.3 is 14.2 Å². The maximum atomic E-state index is 6.39. The molecule has 0 N–H and O–H groups in total. The van der Waals surface area contributed by atoms with Crippen LogP contribution in [0.25, 0.3) is 0 Å². The minimum Gasteiger partial charge on any atom is -0.327 e. The first kappa shape index (κ1) is 28.4. The number of unbranched alkanes of at least 4 members (excludes halogenated alkanes) is 5. The second-order valence-electron chi connectivity index (χ2n) is 8.56. The minimum atomic E-state index is -0.962. The van der Waals surface area contributed by atoms with Crippen LogP contribution in [0.5, 0.6) is 0 Å². The Morgan fingerprint density at radius 3 is 1.65 bits per heavy atom. The van der Waals surface area contributed by atoms with Crippen molar-refractivity contribution in [3.05, 3.63) is 35.4 Å². The van der Waals surface area contributed by atoms with Gasteiger partial charge in [-0.3, -0.25) is 0 Å². The molecule has 0 bridgehead atoms. The average molecular weight is 455 g/mol. The molecule has 0 saturated heterocycles. The maximum absolute atomic E-state index is 6.39. The van der Waals surface area contributed by atoms with E-state index in [-0.39, 0.29) is 5.92 Å². The van der Waals surface area contributed by atoms with Crippen LogP contribution in [-0.4, -0.2) is 25.8 Å². The highest BCUT2D eigenvalue weighted by Gasteiger charge is 2.42. The molecule has 1 aromatic rings. The lowest BCUT2D eigenvalue weighted by molar-refractivity contribution is -0.406. The molecule has 0 aliphatic carbocycles. The van der Waals surface area contributed by atoms with E-state index < -0.39 is 5.97 Å². The van der Waals surface area contributed by atoms with Gasteiger partial charge >= 0.3 is 0 Å². The first-order valence-corrected chi connectivity index (χ1v) is 13.2. The van der Waals surface area contributed by atoms with Crippen molar-refractivity contribution in [2.45, 2.75) is 110 Å². The van der Waals surface area contributed by atoms with Gasteiger partial charge in [0.05, 0.1) is 19.8 Å². The summed E-state index contributed by atoms with van der Waals surface area (Å²) in [6.07, 6.45) is 12.4. The summed E-state index contributed by atoms with van der Waals surface area (Å²) >= 11 is 5.99.